The molecule has 0 unspecified atom stereocenters. The van der Waals surface area contributed by atoms with Crippen molar-refractivity contribution in [3.05, 3.63) is 59.1 Å². The number of amides is 4. The first-order chi connectivity index (χ1) is 20.6. The zero-order valence-corrected chi connectivity index (χ0v) is 25.0. The second-order valence-corrected chi connectivity index (χ2v) is 12.5. The summed E-state index contributed by atoms with van der Waals surface area (Å²) in [5.74, 6) is 1.16. The Morgan fingerprint density at radius 1 is 1.12 bits per heavy atom. The summed E-state index contributed by atoms with van der Waals surface area (Å²) >= 11 is 0. The van der Waals surface area contributed by atoms with Crippen molar-refractivity contribution < 1.29 is 23.5 Å². The lowest BCUT2D eigenvalue weighted by Gasteiger charge is -2.54. The Hall–Kier alpha value is -4.22. The summed E-state index contributed by atoms with van der Waals surface area (Å²) in [6.45, 7) is -0.142. The molecular formula is C31H47N7O5. The topological polar surface area (TPSA) is 147 Å². The number of aromatic nitrogens is 3. The minimum atomic E-state index is -1.00. The Bertz CT molecular complexity index is 1450. The van der Waals surface area contributed by atoms with Crippen LogP contribution in [-0.2, 0) is 28.0 Å². The number of rotatable bonds is 11. The second-order valence-electron chi connectivity index (χ2n) is 12.5. The van der Waals surface area contributed by atoms with Gasteiger partial charge in [0.05, 0.1) is 12.5 Å². The van der Waals surface area contributed by atoms with Crippen molar-refractivity contribution in [2.45, 2.75) is 63.6 Å². The fraction of sp³-hybridized carbons (Fsp3) is 0.548. The largest absolute Gasteiger partial charge is 0.351 e. The van der Waals surface area contributed by atoms with Gasteiger partial charge in [-0.05, 0) is 86.8 Å². The molecule has 0 aliphatic heterocycles. The first kappa shape index (κ1) is 30.2. The van der Waals surface area contributed by atoms with E-state index in [1.807, 2.05) is 0 Å². The number of allylic oxidation sites excluding steroid dienone is 1. The third-order valence-corrected chi connectivity index (χ3v) is 9.14. The summed E-state index contributed by atoms with van der Waals surface area (Å²) in [5, 5.41) is 8.58. The molecule has 1 atom stereocenters. The minimum Gasteiger partial charge on any atom is -0.351 e. The SMILES string of the molecule is CN(C)C(=O)/C=C/CC[C@H](NC(=O)c1cncn1C)C(=O)Nc1cccn(CC(=O)NC2C3CC4CC(C3)CC2C4)c1=O.[HH].[HH].[HH]. The number of hydrogen-bond acceptors (Lipinski definition) is 6. The molecule has 0 aromatic carbocycles. The quantitative estimate of drug-likeness (QED) is 0.339. The maximum atomic E-state index is 13.4. The molecule has 4 amide bonds. The molecule has 12 heteroatoms. The highest BCUT2D eigenvalue weighted by Gasteiger charge is 2.48. The molecule has 12 nitrogen and oxygen atoms in total. The van der Waals surface area contributed by atoms with Gasteiger partial charge in [0.25, 0.3) is 11.5 Å². The van der Waals surface area contributed by atoms with E-state index in [0.717, 1.165) is 11.8 Å². The van der Waals surface area contributed by atoms with E-state index in [0.29, 0.717) is 18.3 Å². The number of anilines is 1. The van der Waals surface area contributed by atoms with Crippen LogP contribution in [0.3, 0.4) is 0 Å². The number of nitrogens with one attached hydrogen (secondary N) is 3. The van der Waals surface area contributed by atoms with Gasteiger partial charge in [-0.15, -0.1) is 0 Å². The summed E-state index contributed by atoms with van der Waals surface area (Å²) in [5.41, 5.74) is -0.236. The van der Waals surface area contributed by atoms with Crippen LogP contribution in [0.4, 0.5) is 5.69 Å². The fourth-order valence-electron chi connectivity index (χ4n) is 7.20. The van der Waals surface area contributed by atoms with Gasteiger partial charge in [-0.2, -0.15) is 0 Å². The predicted octanol–water partition coefficient (Wildman–Crippen LogP) is 2.42. The molecule has 4 fully saturated rings. The van der Waals surface area contributed by atoms with Crippen molar-refractivity contribution in [3.63, 3.8) is 0 Å². The first-order valence-corrected chi connectivity index (χ1v) is 15.0. The molecule has 6 rings (SSSR count). The smallest absolute Gasteiger partial charge is 0.274 e. The molecule has 0 spiro atoms. The molecule has 4 aliphatic rings. The van der Waals surface area contributed by atoms with Crippen molar-refractivity contribution in [3.8, 4) is 0 Å². The van der Waals surface area contributed by atoms with Crippen LogP contribution in [0.25, 0.3) is 0 Å². The number of imidazole rings is 1. The number of hydrogen-bond donors (Lipinski definition) is 3. The molecule has 4 saturated carbocycles. The van der Waals surface area contributed by atoms with Crippen LogP contribution in [0.2, 0.25) is 0 Å². The molecule has 0 saturated heterocycles. The molecule has 236 valence electrons. The number of nitrogens with zero attached hydrogens (tertiary/aromatic N) is 4. The van der Waals surface area contributed by atoms with Gasteiger partial charge in [0.1, 0.15) is 24.0 Å². The van der Waals surface area contributed by atoms with Crippen molar-refractivity contribution >= 4 is 29.3 Å². The van der Waals surface area contributed by atoms with Crippen LogP contribution in [-0.4, -0.2) is 68.8 Å². The molecule has 2 aromatic rings. The van der Waals surface area contributed by atoms with Gasteiger partial charge in [-0.1, -0.05) is 6.08 Å². The number of aryl methyl sites for hydroxylation is 1. The van der Waals surface area contributed by atoms with Gasteiger partial charge in [0, 0.05) is 37.7 Å². The standard InChI is InChI=1S/C31H41N7O5.3H2/c1-36(2)27(40)9-5-4-7-23(33-30(42)25-16-32-18-37(25)3)29(41)34-24-8-6-10-38(31(24)43)17-26(39)35-28-21-12-19-11-20(14-21)15-22(28)13-19;;;/h5-6,8-10,16,18-23,28H,4,7,11-15,17H2,1-3H3,(H,33,42)(H,34,41)(H,35,39);3*1H/b9-5+;;;/t19?,20?,21?,22?,23-,28?;;;/m0.../s1. The van der Waals surface area contributed by atoms with Gasteiger partial charge in [0.15, 0.2) is 0 Å². The Kier molecular flexibility index (Phi) is 9.12. The summed E-state index contributed by atoms with van der Waals surface area (Å²) in [4.78, 5) is 69.8. The maximum absolute atomic E-state index is 13.4. The Labute approximate surface area is 255 Å². The second kappa shape index (κ2) is 13.0. The highest BCUT2D eigenvalue weighted by atomic mass is 16.2. The molecule has 2 heterocycles. The Balaban J connectivity index is 0.00000245. The van der Waals surface area contributed by atoms with E-state index in [-0.39, 0.29) is 46.5 Å². The number of likely N-dealkylation sites (N-methyl/N-ethyl adjacent to an activating group) is 1. The molecular weight excluding hydrogens is 550 g/mol. The summed E-state index contributed by atoms with van der Waals surface area (Å²) in [7, 11) is 4.94. The van der Waals surface area contributed by atoms with Gasteiger partial charge < -0.3 is 30.0 Å². The van der Waals surface area contributed by atoms with E-state index in [2.05, 4.69) is 20.9 Å². The molecule has 4 bridgehead atoms. The van der Waals surface area contributed by atoms with Crippen molar-refractivity contribution in [1.29, 1.82) is 0 Å². The number of pyridine rings is 1. The van der Waals surface area contributed by atoms with E-state index >= 15 is 0 Å². The van der Waals surface area contributed by atoms with E-state index < -0.39 is 23.4 Å². The van der Waals surface area contributed by atoms with Crippen LogP contribution in [0.1, 0.15) is 59.7 Å². The molecule has 2 aromatic heterocycles. The third-order valence-electron chi connectivity index (χ3n) is 9.14. The average Bonchev–Trinajstić information content (AvgIpc) is 3.39. The van der Waals surface area contributed by atoms with Crippen molar-refractivity contribution in [2.24, 2.45) is 30.7 Å². The zero-order chi connectivity index (χ0) is 30.7. The lowest BCUT2D eigenvalue weighted by atomic mass is 9.54. The van der Waals surface area contributed by atoms with Crippen molar-refractivity contribution in [1.82, 2.24) is 29.7 Å². The molecule has 43 heavy (non-hydrogen) atoms. The monoisotopic (exact) mass is 597 g/mol. The lowest BCUT2D eigenvalue weighted by Crippen LogP contribution is -2.56. The van der Waals surface area contributed by atoms with Crippen LogP contribution in [0.15, 0.2) is 47.8 Å². The fourth-order valence-corrected chi connectivity index (χ4v) is 7.20. The third kappa shape index (κ3) is 7.06. The first-order valence-electron chi connectivity index (χ1n) is 15.0. The van der Waals surface area contributed by atoms with Crippen LogP contribution in [0, 0.1) is 23.7 Å². The Morgan fingerprint density at radius 3 is 2.44 bits per heavy atom. The zero-order valence-electron chi connectivity index (χ0n) is 25.0. The van der Waals surface area contributed by atoms with Crippen LogP contribution in [0.5, 0.6) is 0 Å². The number of carbonyl (C=O) groups excluding carboxylic acids is 4. The van der Waals surface area contributed by atoms with Crippen molar-refractivity contribution in [2.75, 3.05) is 19.4 Å². The van der Waals surface area contributed by atoms with E-state index in [4.69, 9.17) is 0 Å². The van der Waals surface area contributed by atoms with Crippen LogP contribution >= 0.6 is 0 Å². The van der Waals surface area contributed by atoms with Gasteiger partial charge in [-0.25, -0.2) is 4.98 Å². The predicted molar refractivity (Wildman–Crippen MR) is 166 cm³/mol. The van der Waals surface area contributed by atoms with E-state index in [9.17, 15) is 24.0 Å². The lowest BCUT2D eigenvalue weighted by molar-refractivity contribution is -0.126. The van der Waals surface area contributed by atoms with E-state index in [1.165, 1.54) is 77.0 Å². The normalized spacial score (nSPS) is 24.5. The molecule has 0 radical (unpaired) electrons. The maximum Gasteiger partial charge on any atom is 0.274 e. The summed E-state index contributed by atoms with van der Waals surface area (Å²) < 4.78 is 2.82. The van der Waals surface area contributed by atoms with Gasteiger partial charge in [-0.3, -0.25) is 24.0 Å². The summed E-state index contributed by atoms with van der Waals surface area (Å²) in [6.07, 6.45) is 14.0. The van der Waals surface area contributed by atoms with E-state index in [1.54, 1.807) is 33.3 Å². The Morgan fingerprint density at radius 2 is 1.81 bits per heavy atom. The average molecular weight is 598 g/mol. The molecule has 3 N–H and O–H groups in total. The summed E-state index contributed by atoms with van der Waals surface area (Å²) in [6, 6.07) is 2.24. The van der Waals surface area contributed by atoms with Crippen LogP contribution < -0.4 is 21.5 Å². The van der Waals surface area contributed by atoms with Gasteiger partial charge in [0.2, 0.25) is 17.7 Å². The number of carbonyl (C=O) groups is 4. The molecule has 4 aliphatic carbocycles. The highest BCUT2D eigenvalue weighted by molar-refractivity contribution is 6.00. The van der Waals surface area contributed by atoms with Gasteiger partial charge >= 0.3 is 0 Å². The highest BCUT2D eigenvalue weighted by Crippen LogP contribution is 2.53. The minimum absolute atomic E-state index is 0.